The Hall–Kier alpha value is -4.92. The van der Waals surface area contributed by atoms with Gasteiger partial charge in [-0.1, -0.05) is 43.3 Å². The van der Waals surface area contributed by atoms with Crippen molar-refractivity contribution in [1.29, 1.82) is 0 Å². The summed E-state index contributed by atoms with van der Waals surface area (Å²) in [6.45, 7) is 2.24. The van der Waals surface area contributed by atoms with Crippen LogP contribution >= 0.6 is 0 Å². The number of aliphatic hydroxyl groups is 1. The predicted octanol–water partition coefficient (Wildman–Crippen LogP) is 5.31. The second-order valence-corrected chi connectivity index (χ2v) is 9.37. The average molecular weight is 526 g/mol. The highest BCUT2D eigenvalue weighted by molar-refractivity contribution is 6.46. The number of nitro benzene ring substituents is 1. The zero-order valence-electron chi connectivity index (χ0n) is 21.5. The van der Waals surface area contributed by atoms with Crippen molar-refractivity contribution in [2.45, 2.75) is 25.8 Å². The smallest absolute Gasteiger partial charge is 0.295 e. The summed E-state index contributed by atoms with van der Waals surface area (Å²) in [4.78, 5) is 42.1. The number of aliphatic hydroxyl groups excluding tert-OH is 1. The van der Waals surface area contributed by atoms with E-state index in [0.29, 0.717) is 17.7 Å². The third-order valence-corrected chi connectivity index (χ3v) is 7.17. The largest absolute Gasteiger partial charge is 0.507 e. The molecule has 1 aromatic heterocycles. The number of ketones is 1. The number of nitro groups is 1. The number of methoxy groups -OCH3 is 1. The maximum absolute atomic E-state index is 13.4. The summed E-state index contributed by atoms with van der Waals surface area (Å²) in [5.74, 6) is -1.30. The molecule has 1 aliphatic rings. The minimum atomic E-state index is -0.852. The molecule has 0 spiro atoms. The quantitative estimate of drug-likeness (QED) is 0.106. The van der Waals surface area contributed by atoms with Crippen LogP contribution in [0.25, 0.3) is 16.7 Å². The molecular weight excluding hydrogens is 498 g/mol. The molecule has 2 heterocycles. The van der Waals surface area contributed by atoms with Gasteiger partial charge in [-0.3, -0.25) is 19.7 Å². The van der Waals surface area contributed by atoms with Crippen LogP contribution < -0.4 is 4.74 Å². The van der Waals surface area contributed by atoms with Crippen LogP contribution in [0.3, 0.4) is 0 Å². The molecule has 0 bridgehead atoms. The van der Waals surface area contributed by atoms with Crippen molar-refractivity contribution in [2.75, 3.05) is 13.7 Å². The van der Waals surface area contributed by atoms with Gasteiger partial charge in [-0.2, -0.15) is 0 Å². The van der Waals surface area contributed by atoms with Crippen molar-refractivity contribution in [3.8, 4) is 5.75 Å². The zero-order valence-corrected chi connectivity index (χ0v) is 21.5. The number of amides is 1. The molecule has 2 N–H and O–H groups in total. The third kappa shape index (κ3) is 4.74. The lowest BCUT2D eigenvalue weighted by molar-refractivity contribution is -0.384. The molecule has 0 radical (unpaired) electrons. The number of fused-ring (bicyclic) bond motifs is 1. The number of aromatic nitrogens is 1. The van der Waals surface area contributed by atoms with Crippen molar-refractivity contribution in [3.05, 3.63) is 111 Å². The lowest BCUT2D eigenvalue weighted by Crippen LogP contribution is -2.31. The van der Waals surface area contributed by atoms with Crippen molar-refractivity contribution in [3.63, 3.8) is 0 Å². The van der Waals surface area contributed by atoms with E-state index in [4.69, 9.17) is 4.74 Å². The molecule has 1 aliphatic heterocycles. The molecule has 198 valence electrons. The van der Waals surface area contributed by atoms with Crippen LogP contribution in [0.1, 0.15) is 35.2 Å². The molecule has 1 atom stereocenters. The highest BCUT2D eigenvalue weighted by Crippen LogP contribution is 2.40. The zero-order chi connectivity index (χ0) is 27.7. The van der Waals surface area contributed by atoms with Gasteiger partial charge < -0.3 is 19.7 Å². The maximum atomic E-state index is 13.4. The number of carbonyl (C=O) groups is 2. The Morgan fingerprint density at radius 2 is 1.87 bits per heavy atom. The van der Waals surface area contributed by atoms with Gasteiger partial charge >= 0.3 is 0 Å². The molecule has 0 unspecified atom stereocenters. The number of Topliss-reactive ketones (excluding diaryl/α,β-unsaturated/α-hetero) is 1. The fraction of sp³-hybridized carbons (Fsp3) is 0.200. The summed E-state index contributed by atoms with van der Waals surface area (Å²) in [6.07, 6.45) is 3.13. The number of non-ortho nitro benzene ring substituents is 1. The Balaban J connectivity index is 1.57. The Morgan fingerprint density at radius 3 is 2.56 bits per heavy atom. The number of H-pyrrole nitrogens is 1. The van der Waals surface area contributed by atoms with Crippen LogP contribution in [0, 0.1) is 10.1 Å². The standard InChI is InChI=1S/C30H27N3O6/c1-3-18-7-9-19(10-8-18)27-26(28(34)20-5-4-6-22(15-20)33(37)38)29(35)30(36)32(27)14-13-21-17-31-25-12-11-23(39-2)16-24(21)25/h4-12,15-17,27,31,34H,3,13-14H2,1-2H3/t27-/m0/s1. The number of ether oxygens (including phenoxy) is 1. The second kappa shape index (κ2) is 10.4. The van der Waals surface area contributed by atoms with Crippen LogP contribution in [0.4, 0.5) is 5.69 Å². The van der Waals surface area contributed by atoms with Crippen LogP contribution in [0.5, 0.6) is 5.75 Å². The van der Waals surface area contributed by atoms with Crippen LogP contribution in [0.15, 0.2) is 78.5 Å². The van der Waals surface area contributed by atoms with Crippen molar-refractivity contribution >= 4 is 34.0 Å². The summed E-state index contributed by atoms with van der Waals surface area (Å²) < 4.78 is 5.36. The first-order valence-electron chi connectivity index (χ1n) is 12.6. The normalized spacial score (nSPS) is 16.7. The van der Waals surface area contributed by atoms with Crippen LogP contribution in [0.2, 0.25) is 0 Å². The Labute approximate surface area is 224 Å². The summed E-state index contributed by atoms with van der Waals surface area (Å²) >= 11 is 0. The van der Waals surface area contributed by atoms with E-state index in [9.17, 15) is 24.8 Å². The van der Waals surface area contributed by atoms with Crippen LogP contribution in [-0.2, 0) is 22.4 Å². The fourth-order valence-corrected chi connectivity index (χ4v) is 5.05. The van der Waals surface area contributed by atoms with Crippen molar-refractivity contribution in [2.24, 2.45) is 0 Å². The number of nitrogens with zero attached hydrogens (tertiary/aromatic N) is 2. The number of hydrogen-bond donors (Lipinski definition) is 2. The molecule has 3 aromatic carbocycles. The van der Waals surface area contributed by atoms with E-state index < -0.39 is 28.4 Å². The summed E-state index contributed by atoms with van der Waals surface area (Å²) in [5.41, 5.74) is 3.40. The van der Waals surface area contributed by atoms with E-state index in [1.807, 2.05) is 55.6 Å². The number of likely N-dealkylation sites (tertiary alicyclic amines) is 1. The average Bonchev–Trinajstić information content (AvgIpc) is 3.48. The predicted molar refractivity (Wildman–Crippen MR) is 146 cm³/mol. The number of benzene rings is 3. The van der Waals surface area contributed by atoms with E-state index in [-0.39, 0.29) is 23.4 Å². The number of nitrogens with one attached hydrogen (secondary N) is 1. The van der Waals surface area contributed by atoms with E-state index >= 15 is 0 Å². The van der Waals surface area contributed by atoms with E-state index in [0.717, 1.165) is 28.5 Å². The number of hydrogen-bond acceptors (Lipinski definition) is 6. The first-order valence-corrected chi connectivity index (χ1v) is 12.6. The number of aromatic amines is 1. The summed E-state index contributed by atoms with van der Waals surface area (Å²) in [7, 11) is 1.60. The molecule has 1 amide bonds. The molecule has 5 rings (SSSR count). The second-order valence-electron chi connectivity index (χ2n) is 9.37. The first kappa shape index (κ1) is 25.7. The van der Waals surface area contributed by atoms with E-state index in [1.54, 1.807) is 7.11 Å². The summed E-state index contributed by atoms with van der Waals surface area (Å²) in [6, 6.07) is 17.8. The lowest BCUT2D eigenvalue weighted by atomic mass is 9.94. The van der Waals surface area contributed by atoms with Gasteiger partial charge in [0, 0.05) is 41.3 Å². The molecule has 1 fully saturated rings. The van der Waals surface area contributed by atoms with Gasteiger partial charge in [-0.25, -0.2) is 0 Å². The van der Waals surface area contributed by atoms with Crippen molar-refractivity contribution in [1.82, 2.24) is 9.88 Å². The molecule has 0 aliphatic carbocycles. The number of carbonyl (C=O) groups excluding carboxylic acids is 2. The molecule has 9 nitrogen and oxygen atoms in total. The Morgan fingerprint density at radius 1 is 1.10 bits per heavy atom. The molecular formula is C30H27N3O6. The van der Waals surface area contributed by atoms with Gasteiger partial charge in [0.2, 0.25) is 0 Å². The van der Waals surface area contributed by atoms with E-state index in [1.165, 1.54) is 29.2 Å². The SMILES string of the molecule is CCc1ccc([C@H]2C(=C(O)c3cccc([N+](=O)[O-])c3)C(=O)C(=O)N2CCc2c[nH]c3ccc(OC)cc23)cc1. The topological polar surface area (TPSA) is 126 Å². The highest BCUT2D eigenvalue weighted by Gasteiger charge is 2.46. The molecule has 1 saturated heterocycles. The van der Waals surface area contributed by atoms with Gasteiger partial charge in [0.05, 0.1) is 23.6 Å². The monoisotopic (exact) mass is 525 g/mol. The van der Waals surface area contributed by atoms with Gasteiger partial charge in [-0.05, 0) is 47.7 Å². The van der Waals surface area contributed by atoms with Gasteiger partial charge in [0.25, 0.3) is 17.4 Å². The molecule has 4 aromatic rings. The van der Waals surface area contributed by atoms with Gasteiger partial charge in [-0.15, -0.1) is 0 Å². The number of aryl methyl sites for hydroxylation is 1. The van der Waals surface area contributed by atoms with Gasteiger partial charge in [0.15, 0.2) is 0 Å². The van der Waals surface area contributed by atoms with Gasteiger partial charge in [0.1, 0.15) is 11.5 Å². The maximum Gasteiger partial charge on any atom is 0.295 e. The molecule has 9 heteroatoms. The molecule has 0 saturated carbocycles. The van der Waals surface area contributed by atoms with Crippen molar-refractivity contribution < 1.29 is 24.4 Å². The minimum absolute atomic E-state index is 0.0923. The summed E-state index contributed by atoms with van der Waals surface area (Å²) in [5, 5.41) is 23.5. The third-order valence-electron chi connectivity index (χ3n) is 7.17. The Kier molecular flexibility index (Phi) is 6.89. The Bertz CT molecular complexity index is 1620. The van der Waals surface area contributed by atoms with E-state index in [2.05, 4.69) is 4.98 Å². The van der Waals surface area contributed by atoms with Crippen LogP contribution in [-0.4, -0.2) is 45.3 Å². The number of rotatable bonds is 8. The minimum Gasteiger partial charge on any atom is -0.507 e. The lowest BCUT2D eigenvalue weighted by Gasteiger charge is -2.25. The first-order chi connectivity index (χ1) is 18.8. The highest BCUT2D eigenvalue weighted by atomic mass is 16.6. The fourth-order valence-electron chi connectivity index (χ4n) is 5.05. The molecule has 39 heavy (non-hydrogen) atoms.